The smallest absolute Gasteiger partial charge is 0.255 e. The van der Waals surface area contributed by atoms with Crippen LogP contribution in [0.2, 0.25) is 0 Å². The van der Waals surface area contributed by atoms with Gasteiger partial charge in [0.15, 0.2) is 0 Å². The second-order valence-electron chi connectivity index (χ2n) is 8.55. The number of aromatic nitrogens is 2. The van der Waals surface area contributed by atoms with Crippen LogP contribution < -0.4 is 5.32 Å². The van der Waals surface area contributed by atoms with Crippen LogP contribution >= 0.6 is 0 Å². The Morgan fingerprint density at radius 2 is 1.48 bits per heavy atom. The van der Waals surface area contributed by atoms with Crippen LogP contribution in [-0.4, -0.2) is 16.1 Å². The van der Waals surface area contributed by atoms with Crippen molar-refractivity contribution in [3.63, 3.8) is 0 Å². The van der Waals surface area contributed by atoms with Crippen LogP contribution in [0.4, 0.5) is 5.69 Å². The zero-order chi connectivity index (χ0) is 22.0. The highest BCUT2D eigenvalue weighted by molar-refractivity contribution is 6.05. The summed E-state index contributed by atoms with van der Waals surface area (Å²) in [5.41, 5.74) is 5.15. The summed E-state index contributed by atoms with van der Waals surface area (Å²) < 4.78 is 5.86. The van der Waals surface area contributed by atoms with Gasteiger partial charge in [0.25, 0.3) is 5.91 Å². The summed E-state index contributed by atoms with van der Waals surface area (Å²) in [7, 11) is 0. The lowest BCUT2D eigenvalue weighted by Gasteiger charge is -2.23. The number of hydrogen-bond donors (Lipinski definition) is 1. The van der Waals surface area contributed by atoms with Gasteiger partial charge in [0, 0.05) is 22.4 Å². The molecule has 31 heavy (non-hydrogen) atoms. The number of para-hydroxylation sites is 1. The SMILES string of the molecule is Cc1ccccc1-c1nnc(-c2ccc(C(=O)Nc3ccccc3C(C)(C)C)cc2)o1. The first-order chi connectivity index (χ1) is 14.8. The first kappa shape index (κ1) is 20.5. The molecule has 0 aliphatic carbocycles. The molecule has 4 aromatic rings. The minimum absolute atomic E-state index is 0.0689. The Labute approximate surface area is 182 Å². The number of aryl methyl sites for hydroxylation is 1. The molecule has 5 heteroatoms. The number of anilines is 1. The molecule has 0 spiro atoms. The van der Waals surface area contributed by atoms with Crippen LogP contribution in [0.3, 0.4) is 0 Å². The normalized spacial score (nSPS) is 11.4. The van der Waals surface area contributed by atoms with E-state index in [0.29, 0.717) is 17.3 Å². The second kappa shape index (κ2) is 8.19. The summed E-state index contributed by atoms with van der Waals surface area (Å²) in [5, 5.41) is 11.4. The molecule has 0 radical (unpaired) electrons. The highest BCUT2D eigenvalue weighted by Gasteiger charge is 2.19. The highest BCUT2D eigenvalue weighted by Crippen LogP contribution is 2.30. The summed E-state index contributed by atoms with van der Waals surface area (Å²) >= 11 is 0. The van der Waals surface area contributed by atoms with E-state index < -0.39 is 0 Å². The molecule has 0 bridgehead atoms. The molecule has 4 rings (SSSR count). The minimum atomic E-state index is -0.158. The third-order valence-corrected chi connectivity index (χ3v) is 5.18. The van der Waals surface area contributed by atoms with Gasteiger partial charge in [-0.25, -0.2) is 0 Å². The van der Waals surface area contributed by atoms with Gasteiger partial charge < -0.3 is 9.73 Å². The first-order valence-corrected chi connectivity index (χ1v) is 10.2. The van der Waals surface area contributed by atoms with Gasteiger partial charge in [-0.1, -0.05) is 57.2 Å². The van der Waals surface area contributed by atoms with Crippen LogP contribution in [0.1, 0.15) is 42.3 Å². The molecule has 1 heterocycles. The average Bonchev–Trinajstić information content (AvgIpc) is 3.24. The Balaban J connectivity index is 1.53. The topological polar surface area (TPSA) is 68.0 Å². The number of carbonyl (C=O) groups is 1. The summed E-state index contributed by atoms with van der Waals surface area (Å²) in [5.74, 6) is 0.742. The maximum atomic E-state index is 12.8. The van der Waals surface area contributed by atoms with Crippen molar-refractivity contribution in [3.8, 4) is 22.9 Å². The number of nitrogens with zero attached hydrogens (tertiary/aromatic N) is 2. The van der Waals surface area contributed by atoms with Gasteiger partial charge in [-0.15, -0.1) is 10.2 Å². The Bertz CT molecular complexity index is 1220. The molecule has 1 aromatic heterocycles. The summed E-state index contributed by atoms with van der Waals surface area (Å²) in [6.45, 7) is 8.39. The zero-order valence-corrected chi connectivity index (χ0v) is 18.1. The average molecular weight is 412 g/mol. The molecular formula is C26H25N3O2. The first-order valence-electron chi connectivity index (χ1n) is 10.2. The lowest BCUT2D eigenvalue weighted by atomic mass is 9.86. The molecule has 0 aliphatic heterocycles. The Kier molecular flexibility index (Phi) is 5.42. The van der Waals surface area contributed by atoms with Crippen molar-refractivity contribution in [2.24, 2.45) is 0 Å². The van der Waals surface area contributed by atoms with Crippen molar-refractivity contribution in [3.05, 3.63) is 89.5 Å². The molecule has 0 saturated heterocycles. The van der Waals surface area contributed by atoms with E-state index in [4.69, 9.17) is 4.42 Å². The lowest BCUT2D eigenvalue weighted by molar-refractivity contribution is 0.102. The van der Waals surface area contributed by atoms with Crippen molar-refractivity contribution in [2.45, 2.75) is 33.1 Å². The Morgan fingerprint density at radius 1 is 0.839 bits per heavy atom. The minimum Gasteiger partial charge on any atom is -0.416 e. The van der Waals surface area contributed by atoms with Crippen LogP contribution in [-0.2, 0) is 5.41 Å². The second-order valence-corrected chi connectivity index (χ2v) is 8.55. The van der Waals surface area contributed by atoms with Gasteiger partial charge in [0.1, 0.15) is 0 Å². The van der Waals surface area contributed by atoms with E-state index in [-0.39, 0.29) is 11.3 Å². The Morgan fingerprint density at radius 3 is 2.19 bits per heavy atom. The maximum absolute atomic E-state index is 12.8. The number of nitrogens with one attached hydrogen (secondary N) is 1. The van der Waals surface area contributed by atoms with Gasteiger partial charge in [0.05, 0.1) is 0 Å². The van der Waals surface area contributed by atoms with E-state index in [1.165, 1.54) is 0 Å². The van der Waals surface area contributed by atoms with E-state index in [0.717, 1.165) is 27.9 Å². The molecule has 0 fully saturated rings. The zero-order valence-electron chi connectivity index (χ0n) is 18.1. The van der Waals surface area contributed by atoms with Crippen molar-refractivity contribution in [1.82, 2.24) is 10.2 Å². The number of amides is 1. The van der Waals surface area contributed by atoms with Crippen molar-refractivity contribution < 1.29 is 9.21 Å². The van der Waals surface area contributed by atoms with Gasteiger partial charge in [-0.05, 0) is 59.9 Å². The summed E-state index contributed by atoms with van der Waals surface area (Å²) in [4.78, 5) is 12.8. The quantitative estimate of drug-likeness (QED) is 0.430. The number of carbonyl (C=O) groups excluding carboxylic acids is 1. The molecule has 0 atom stereocenters. The van der Waals surface area contributed by atoms with E-state index >= 15 is 0 Å². The van der Waals surface area contributed by atoms with Crippen molar-refractivity contribution >= 4 is 11.6 Å². The summed E-state index contributed by atoms with van der Waals surface area (Å²) in [6.07, 6.45) is 0. The van der Waals surface area contributed by atoms with Crippen molar-refractivity contribution in [1.29, 1.82) is 0 Å². The molecule has 156 valence electrons. The van der Waals surface area contributed by atoms with Crippen LogP contribution in [0.5, 0.6) is 0 Å². The molecule has 0 unspecified atom stereocenters. The molecule has 5 nitrogen and oxygen atoms in total. The fourth-order valence-corrected chi connectivity index (χ4v) is 3.47. The standard InChI is InChI=1S/C26H25N3O2/c1-17-9-5-6-10-20(17)25-29-28-24(31-25)19-15-13-18(14-16-19)23(30)27-22-12-8-7-11-21(22)26(2,3)4/h5-16H,1-4H3,(H,27,30). The van der Waals surface area contributed by atoms with E-state index in [2.05, 4.69) is 36.3 Å². The molecule has 0 aliphatic rings. The molecule has 1 amide bonds. The summed E-state index contributed by atoms with van der Waals surface area (Å²) in [6, 6.07) is 22.9. The molecule has 3 aromatic carbocycles. The number of hydrogen-bond acceptors (Lipinski definition) is 4. The van der Waals surface area contributed by atoms with Crippen molar-refractivity contribution in [2.75, 3.05) is 5.32 Å². The highest BCUT2D eigenvalue weighted by atomic mass is 16.4. The van der Waals surface area contributed by atoms with E-state index in [1.807, 2.05) is 67.6 Å². The predicted molar refractivity (Wildman–Crippen MR) is 123 cm³/mol. The largest absolute Gasteiger partial charge is 0.416 e. The lowest BCUT2D eigenvalue weighted by Crippen LogP contribution is -2.18. The fourth-order valence-electron chi connectivity index (χ4n) is 3.47. The molecular weight excluding hydrogens is 386 g/mol. The van der Waals surface area contributed by atoms with E-state index in [9.17, 15) is 4.79 Å². The van der Waals surface area contributed by atoms with Gasteiger partial charge >= 0.3 is 0 Å². The van der Waals surface area contributed by atoms with Crippen LogP contribution in [0.25, 0.3) is 22.9 Å². The third-order valence-electron chi connectivity index (χ3n) is 5.18. The number of rotatable bonds is 4. The monoisotopic (exact) mass is 411 g/mol. The Hall–Kier alpha value is -3.73. The van der Waals surface area contributed by atoms with Gasteiger partial charge in [-0.3, -0.25) is 4.79 Å². The van der Waals surface area contributed by atoms with Crippen LogP contribution in [0, 0.1) is 6.92 Å². The molecule has 0 saturated carbocycles. The maximum Gasteiger partial charge on any atom is 0.255 e. The molecule has 1 N–H and O–H groups in total. The third kappa shape index (κ3) is 4.40. The van der Waals surface area contributed by atoms with E-state index in [1.54, 1.807) is 12.1 Å². The van der Waals surface area contributed by atoms with Crippen LogP contribution in [0.15, 0.2) is 77.2 Å². The van der Waals surface area contributed by atoms with Gasteiger partial charge in [0.2, 0.25) is 11.8 Å². The predicted octanol–water partition coefficient (Wildman–Crippen LogP) is 6.26. The van der Waals surface area contributed by atoms with Gasteiger partial charge in [-0.2, -0.15) is 0 Å². The number of benzene rings is 3. The fraction of sp³-hybridized carbons (Fsp3) is 0.192.